The molecule has 1 fully saturated rings. The zero-order chi connectivity index (χ0) is 17.7. The Balaban J connectivity index is 1.88. The molecule has 1 heterocycles. The SMILES string of the molecule is COc1ccc(C)cc1C1(CNc2ccc(C#N)cc2)CCOCC1. The molecule has 1 N–H and O–H groups in total. The third kappa shape index (κ3) is 3.78. The predicted molar refractivity (Wildman–Crippen MR) is 99.1 cm³/mol. The van der Waals surface area contributed by atoms with Crippen LogP contribution < -0.4 is 10.1 Å². The van der Waals surface area contributed by atoms with Gasteiger partial charge in [-0.25, -0.2) is 0 Å². The van der Waals surface area contributed by atoms with E-state index in [1.807, 2.05) is 24.3 Å². The van der Waals surface area contributed by atoms with Gasteiger partial charge in [-0.15, -0.1) is 0 Å². The van der Waals surface area contributed by atoms with Gasteiger partial charge in [-0.3, -0.25) is 0 Å². The first-order chi connectivity index (χ1) is 12.2. The Hall–Kier alpha value is -2.51. The van der Waals surface area contributed by atoms with Crippen molar-refractivity contribution in [3.8, 4) is 11.8 Å². The number of methoxy groups -OCH3 is 1. The summed E-state index contributed by atoms with van der Waals surface area (Å²) in [4.78, 5) is 0. The van der Waals surface area contributed by atoms with Crippen molar-refractivity contribution in [1.82, 2.24) is 0 Å². The topological polar surface area (TPSA) is 54.3 Å². The van der Waals surface area contributed by atoms with Gasteiger partial charge in [0.2, 0.25) is 0 Å². The Morgan fingerprint density at radius 3 is 2.52 bits per heavy atom. The van der Waals surface area contributed by atoms with Gasteiger partial charge in [0, 0.05) is 36.4 Å². The summed E-state index contributed by atoms with van der Waals surface area (Å²) < 4.78 is 11.3. The second-order valence-electron chi connectivity index (χ2n) is 6.64. The maximum Gasteiger partial charge on any atom is 0.122 e. The quantitative estimate of drug-likeness (QED) is 0.895. The standard InChI is InChI=1S/C21H24N2O2/c1-16-3-8-20(24-2)19(13-16)21(9-11-25-12-10-21)15-23-18-6-4-17(14-22)5-7-18/h3-8,13,23H,9-12,15H2,1-2H3. The Bertz CT molecular complexity index is 756. The lowest BCUT2D eigenvalue weighted by molar-refractivity contribution is 0.0535. The first-order valence-electron chi connectivity index (χ1n) is 8.64. The molecular formula is C21H24N2O2. The minimum Gasteiger partial charge on any atom is -0.496 e. The predicted octanol–water partition coefficient (Wildman–Crippen LogP) is 4.04. The molecule has 0 amide bonds. The molecule has 1 aliphatic rings. The summed E-state index contributed by atoms with van der Waals surface area (Å²) in [5, 5.41) is 12.5. The van der Waals surface area contributed by atoms with Gasteiger partial charge < -0.3 is 14.8 Å². The molecule has 0 atom stereocenters. The van der Waals surface area contributed by atoms with Crippen molar-refractivity contribution < 1.29 is 9.47 Å². The monoisotopic (exact) mass is 336 g/mol. The normalized spacial score (nSPS) is 16.0. The third-order valence-electron chi connectivity index (χ3n) is 5.02. The van der Waals surface area contributed by atoms with Crippen LogP contribution in [0.1, 0.15) is 29.5 Å². The highest BCUT2D eigenvalue weighted by atomic mass is 16.5. The Morgan fingerprint density at radius 1 is 1.16 bits per heavy atom. The summed E-state index contributed by atoms with van der Waals surface area (Å²) in [6.07, 6.45) is 1.91. The number of nitriles is 1. The highest BCUT2D eigenvalue weighted by molar-refractivity contribution is 5.49. The lowest BCUT2D eigenvalue weighted by Crippen LogP contribution is -2.40. The van der Waals surface area contributed by atoms with Crippen LogP contribution in [0.15, 0.2) is 42.5 Å². The molecule has 2 aromatic rings. The summed E-state index contributed by atoms with van der Waals surface area (Å²) >= 11 is 0. The van der Waals surface area contributed by atoms with Gasteiger partial charge in [-0.05, 0) is 50.1 Å². The summed E-state index contributed by atoms with van der Waals surface area (Å²) in [5.74, 6) is 0.939. The molecule has 0 spiro atoms. The molecule has 4 heteroatoms. The van der Waals surface area contributed by atoms with Crippen LogP contribution in [0.4, 0.5) is 5.69 Å². The van der Waals surface area contributed by atoms with E-state index >= 15 is 0 Å². The van der Waals surface area contributed by atoms with Gasteiger partial charge >= 0.3 is 0 Å². The zero-order valence-corrected chi connectivity index (χ0v) is 14.8. The molecule has 3 rings (SSSR count). The lowest BCUT2D eigenvalue weighted by Gasteiger charge is -2.39. The minimum absolute atomic E-state index is 0.0243. The molecule has 130 valence electrons. The number of nitrogens with one attached hydrogen (secondary N) is 1. The number of rotatable bonds is 5. The number of anilines is 1. The highest BCUT2D eigenvalue weighted by Crippen LogP contribution is 2.40. The molecule has 0 unspecified atom stereocenters. The highest BCUT2D eigenvalue weighted by Gasteiger charge is 2.36. The van der Waals surface area contributed by atoms with E-state index < -0.39 is 0 Å². The number of aryl methyl sites for hydroxylation is 1. The number of nitrogens with zero attached hydrogens (tertiary/aromatic N) is 1. The molecule has 0 radical (unpaired) electrons. The number of hydrogen-bond donors (Lipinski definition) is 1. The maximum atomic E-state index is 8.94. The van der Waals surface area contributed by atoms with Crippen LogP contribution in [0.5, 0.6) is 5.75 Å². The third-order valence-corrected chi connectivity index (χ3v) is 5.02. The largest absolute Gasteiger partial charge is 0.496 e. The van der Waals surface area contributed by atoms with Crippen LogP contribution in [-0.4, -0.2) is 26.9 Å². The summed E-state index contributed by atoms with van der Waals surface area (Å²) in [6.45, 7) is 4.43. The molecular weight excluding hydrogens is 312 g/mol. The van der Waals surface area contributed by atoms with Gasteiger partial charge in [0.15, 0.2) is 0 Å². The van der Waals surface area contributed by atoms with Crippen molar-refractivity contribution in [3.05, 3.63) is 59.2 Å². The molecule has 0 bridgehead atoms. The molecule has 2 aromatic carbocycles. The van der Waals surface area contributed by atoms with Crippen molar-refractivity contribution in [2.75, 3.05) is 32.2 Å². The Labute approximate surface area is 149 Å². The molecule has 4 nitrogen and oxygen atoms in total. The van der Waals surface area contributed by atoms with Crippen molar-refractivity contribution in [1.29, 1.82) is 5.26 Å². The zero-order valence-electron chi connectivity index (χ0n) is 14.8. The average Bonchev–Trinajstić information content (AvgIpc) is 2.67. The van der Waals surface area contributed by atoms with Crippen molar-refractivity contribution in [2.45, 2.75) is 25.2 Å². The molecule has 25 heavy (non-hydrogen) atoms. The average molecular weight is 336 g/mol. The van der Waals surface area contributed by atoms with E-state index in [4.69, 9.17) is 14.7 Å². The van der Waals surface area contributed by atoms with Crippen molar-refractivity contribution in [3.63, 3.8) is 0 Å². The summed E-state index contributed by atoms with van der Waals surface area (Å²) in [7, 11) is 1.73. The molecule has 1 aliphatic heterocycles. The van der Waals surface area contributed by atoms with Crippen LogP contribution >= 0.6 is 0 Å². The van der Waals surface area contributed by atoms with Gasteiger partial charge in [0.05, 0.1) is 18.7 Å². The van der Waals surface area contributed by atoms with E-state index in [1.165, 1.54) is 11.1 Å². The van der Waals surface area contributed by atoms with Crippen LogP contribution in [-0.2, 0) is 10.2 Å². The van der Waals surface area contributed by atoms with E-state index in [2.05, 4.69) is 36.5 Å². The second kappa shape index (κ2) is 7.58. The van der Waals surface area contributed by atoms with Gasteiger partial charge in [-0.2, -0.15) is 5.26 Å². The fourth-order valence-corrected chi connectivity index (χ4v) is 3.47. The number of hydrogen-bond acceptors (Lipinski definition) is 4. The number of benzene rings is 2. The minimum atomic E-state index is -0.0243. The number of ether oxygens (including phenoxy) is 2. The molecule has 0 saturated carbocycles. The first kappa shape index (κ1) is 17.3. The fraction of sp³-hybridized carbons (Fsp3) is 0.381. The smallest absolute Gasteiger partial charge is 0.122 e. The summed E-state index contributed by atoms with van der Waals surface area (Å²) in [5.41, 5.74) is 4.16. The van der Waals surface area contributed by atoms with Crippen LogP contribution in [0.3, 0.4) is 0 Å². The Kier molecular flexibility index (Phi) is 5.25. The first-order valence-corrected chi connectivity index (χ1v) is 8.64. The van der Waals surface area contributed by atoms with E-state index in [-0.39, 0.29) is 5.41 Å². The molecule has 1 saturated heterocycles. The van der Waals surface area contributed by atoms with Crippen LogP contribution in [0.25, 0.3) is 0 Å². The van der Waals surface area contributed by atoms with Gasteiger partial charge in [0.25, 0.3) is 0 Å². The van der Waals surface area contributed by atoms with Crippen molar-refractivity contribution >= 4 is 5.69 Å². The maximum absolute atomic E-state index is 8.94. The van der Waals surface area contributed by atoms with E-state index in [1.54, 1.807) is 7.11 Å². The van der Waals surface area contributed by atoms with E-state index in [0.717, 1.165) is 44.0 Å². The van der Waals surface area contributed by atoms with Crippen LogP contribution in [0, 0.1) is 18.3 Å². The second-order valence-corrected chi connectivity index (χ2v) is 6.64. The Morgan fingerprint density at radius 2 is 1.88 bits per heavy atom. The molecule has 0 aromatic heterocycles. The van der Waals surface area contributed by atoms with E-state index in [0.29, 0.717) is 5.56 Å². The van der Waals surface area contributed by atoms with E-state index in [9.17, 15) is 0 Å². The van der Waals surface area contributed by atoms with Crippen molar-refractivity contribution in [2.24, 2.45) is 0 Å². The lowest BCUT2D eigenvalue weighted by atomic mass is 9.73. The van der Waals surface area contributed by atoms with Gasteiger partial charge in [0.1, 0.15) is 5.75 Å². The summed E-state index contributed by atoms with van der Waals surface area (Å²) in [6, 6.07) is 16.1. The molecule has 0 aliphatic carbocycles. The fourth-order valence-electron chi connectivity index (χ4n) is 3.47. The van der Waals surface area contributed by atoms with Gasteiger partial charge in [-0.1, -0.05) is 17.7 Å². The van der Waals surface area contributed by atoms with Crippen LogP contribution in [0.2, 0.25) is 0 Å².